The van der Waals surface area contributed by atoms with Gasteiger partial charge in [0.05, 0.1) is 10.5 Å². The third-order valence-corrected chi connectivity index (χ3v) is 3.53. The second-order valence-electron chi connectivity index (χ2n) is 2.76. The molecule has 0 aliphatic rings. The van der Waals surface area contributed by atoms with Crippen LogP contribution in [0.1, 0.15) is 10.4 Å². The Morgan fingerprint density at radius 1 is 1.50 bits per heavy atom. The van der Waals surface area contributed by atoms with E-state index in [1.54, 1.807) is 0 Å². The summed E-state index contributed by atoms with van der Waals surface area (Å²) in [6, 6.07) is 3.64. The number of hydrogen-bond acceptors (Lipinski definition) is 5. The molecule has 7 heteroatoms. The highest BCUT2D eigenvalue weighted by molar-refractivity contribution is 8.01. The molecule has 1 aromatic heterocycles. The van der Waals surface area contributed by atoms with Crippen LogP contribution in [0.4, 0.5) is 4.39 Å². The number of aromatic carboxylic acids is 1. The summed E-state index contributed by atoms with van der Waals surface area (Å²) in [7, 11) is 0. The molecule has 2 aromatic rings. The highest BCUT2D eigenvalue weighted by Gasteiger charge is 2.10. The smallest absolute Gasteiger partial charge is 0.335 e. The largest absolute Gasteiger partial charge is 0.478 e. The first-order valence-corrected chi connectivity index (χ1v) is 5.83. The highest BCUT2D eigenvalue weighted by atomic mass is 32.2. The zero-order valence-corrected chi connectivity index (χ0v) is 9.39. The van der Waals surface area contributed by atoms with E-state index in [0.29, 0.717) is 4.34 Å². The Morgan fingerprint density at radius 3 is 2.94 bits per heavy atom. The summed E-state index contributed by atoms with van der Waals surface area (Å²) >= 11 is 2.33. The average molecular weight is 256 g/mol. The van der Waals surface area contributed by atoms with Crippen molar-refractivity contribution in [3.8, 4) is 0 Å². The quantitative estimate of drug-likeness (QED) is 0.914. The predicted octanol–water partition coefficient (Wildman–Crippen LogP) is 2.53. The van der Waals surface area contributed by atoms with Gasteiger partial charge in [-0.2, -0.15) is 0 Å². The molecule has 82 valence electrons. The van der Waals surface area contributed by atoms with E-state index in [1.807, 2.05) is 0 Å². The van der Waals surface area contributed by atoms with Crippen molar-refractivity contribution in [3.05, 3.63) is 35.1 Å². The molecule has 0 amide bonds. The molecule has 1 aromatic carbocycles. The van der Waals surface area contributed by atoms with Gasteiger partial charge in [0.2, 0.25) is 0 Å². The number of halogens is 1. The van der Waals surface area contributed by atoms with E-state index >= 15 is 0 Å². The lowest BCUT2D eigenvalue weighted by atomic mass is 10.2. The first-order valence-electron chi connectivity index (χ1n) is 4.13. The Bertz CT molecular complexity index is 516. The SMILES string of the molecule is O=C(O)c1ccc(F)c(Sc2nncs2)c1. The van der Waals surface area contributed by atoms with Gasteiger partial charge in [-0.3, -0.25) is 0 Å². The molecule has 0 fully saturated rings. The van der Waals surface area contributed by atoms with Crippen LogP contribution in [-0.4, -0.2) is 21.3 Å². The molecule has 16 heavy (non-hydrogen) atoms. The van der Waals surface area contributed by atoms with Gasteiger partial charge in [-0.05, 0) is 18.2 Å². The summed E-state index contributed by atoms with van der Waals surface area (Å²) in [5.74, 6) is -1.55. The Hall–Kier alpha value is -1.47. The van der Waals surface area contributed by atoms with Gasteiger partial charge in [-0.25, -0.2) is 9.18 Å². The molecule has 0 aliphatic heterocycles. The van der Waals surface area contributed by atoms with Gasteiger partial charge < -0.3 is 5.11 Å². The molecular weight excluding hydrogens is 251 g/mol. The molecule has 0 saturated carbocycles. The zero-order chi connectivity index (χ0) is 11.5. The lowest BCUT2D eigenvalue weighted by Crippen LogP contribution is -1.96. The number of benzene rings is 1. The minimum Gasteiger partial charge on any atom is -0.478 e. The number of nitrogens with zero attached hydrogens (tertiary/aromatic N) is 2. The van der Waals surface area contributed by atoms with E-state index in [1.165, 1.54) is 29.0 Å². The first kappa shape index (κ1) is 11.0. The van der Waals surface area contributed by atoms with Gasteiger partial charge >= 0.3 is 5.97 Å². The number of carbonyl (C=O) groups is 1. The van der Waals surface area contributed by atoms with Gasteiger partial charge in [0, 0.05) is 0 Å². The summed E-state index contributed by atoms with van der Waals surface area (Å²) < 4.78 is 13.9. The summed E-state index contributed by atoms with van der Waals surface area (Å²) in [6.45, 7) is 0. The van der Waals surface area contributed by atoms with Crippen LogP contribution in [0.25, 0.3) is 0 Å². The minimum absolute atomic E-state index is 0.0495. The molecule has 4 nitrogen and oxygen atoms in total. The first-order chi connectivity index (χ1) is 7.66. The fraction of sp³-hybridized carbons (Fsp3) is 0. The Morgan fingerprint density at radius 2 is 2.31 bits per heavy atom. The van der Waals surface area contributed by atoms with Crippen molar-refractivity contribution in [2.75, 3.05) is 0 Å². The Balaban J connectivity index is 2.32. The molecule has 0 radical (unpaired) electrons. The maximum absolute atomic E-state index is 13.4. The predicted molar refractivity (Wildman–Crippen MR) is 57.4 cm³/mol. The minimum atomic E-state index is -1.08. The maximum atomic E-state index is 13.4. The van der Waals surface area contributed by atoms with Crippen LogP contribution >= 0.6 is 23.1 Å². The van der Waals surface area contributed by atoms with E-state index in [-0.39, 0.29) is 10.5 Å². The average Bonchev–Trinajstić information content (AvgIpc) is 2.73. The molecule has 2 rings (SSSR count). The van der Waals surface area contributed by atoms with E-state index < -0.39 is 11.8 Å². The van der Waals surface area contributed by atoms with E-state index in [2.05, 4.69) is 10.2 Å². The van der Waals surface area contributed by atoms with Crippen LogP contribution in [0.15, 0.2) is 32.9 Å². The normalized spacial score (nSPS) is 10.3. The number of rotatable bonds is 3. The maximum Gasteiger partial charge on any atom is 0.335 e. The molecule has 0 saturated heterocycles. The zero-order valence-electron chi connectivity index (χ0n) is 7.75. The monoisotopic (exact) mass is 256 g/mol. The second-order valence-corrected chi connectivity index (χ2v) is 4.88. The molecule has 0 aliphatic carbocycles. The van der Waals surface area contributed by atoms with E-state index in [4.69, 9.17) is 5.11 Å². The van der Waals surface area contributed by atoms with Crippen LogP contribution in [0.2, 0.25) is 0 Å². The van der Waals surface area contributed by atoms with Crippen LogP contribution in [0, 0.1) is 5.82 Å². The van der Waals surface area contributed by atoms with Crippen molar-refractivity contribution >= 4 is 29.1 Å². The molecular formula is C9H5FN2O2S2. The van der Waals surface area contributed by atoms with Crippen molar-refractivity contribution in [1.29, 1.82) is 0 Å². The number of aromatic nitrogens is 2. The second kappa shape index (κ2) is 4.58. The lowest BCUT2D eigenvalue weighted by Gasteiger charge is -2.01. The molecule has 0 spiro atoms. The third-order valence-electron chi connectivity index (χ3n) is 1.72. The van der Waals surface area contributed by atoms with Crippen LogP contribution in [-0.2, 0) is 0 Å². The van der Waals surface area contributed by atoms with Crippen LogP contribution in [0.3, 0.4) is 0 Å². The van der Waals surface area contributed by atoms with Crippen molar-refractivity contribution in [3.63, 3.8) is 0 Å². The van der Waals surface area contributed by atoms with E-state index in [0.717, 1.165) is 17.8 Å². The lowest BCUT2D eigenvalue weighted by molar-refractivity contribution is 0.0696. The standard InChI is InChI=1S/C9H5FN2O2S2/c10-6-2-1-5(8(13)14)3-7(6)16-9-12-11-4-15-9/h1-4H,(H,13,14). The summed E-state index contributed by atoms with van der Waals surface area (Å²) in [6.07, 6.45) is 0. The van der Waals surface area contributed by atoms with Gasteiger partial charge in [0.15, 0.2) is 4.34 Å². The van der Waals surface area contributed by atoms with Crippen molar-refractivity contribution in [2.45, 2.75) is 9.24 Å². The van der Waals surface area contributed by atoms with Crippen LogP contribution < -0.4 is 0 Å². The Kier molecular flexibility index (Phi) is 3.16. The Labute approximate surface area is 98.1 Å². The van der Waals surface area contributed by atoms with Gasteiger partial charge in [-0.1, -0.05) is 23.1 Å². The fourth-order valence-corrected chi connectivity index (χ4v) is 2.51. The molecule has 0 unspecified atom stereocenters. The highest BCUT2D eigenvalue weighted by Crippen LogP contribution is 2.31. The number of carboxylic acids is 1. The van der Waals surface area contributed by atoms with Gasteiger partial charge in [0.1, 0.15) is 11.3 Å². The number of hydrogen-bond donors (Lipinski definition) is 1. The summed E-state index contributed by atoms with van der Waals surface area (Å²) in [5, 5.41) is 16.1. The molecule has 1 N–H and O–H groups in total. The van der Waals surface area contributed by atoms with Crippen molar-refractivity contribution < 1.29 is 14.3 Å². The van der Waals surface area contributed by atoms with Gasteiger partial charge in [-0.15, -0.1) is 10.2 Å². The molecule has 0 atom stereocenters. The summed E-state index contributed by atoms with van der Waals surface area (Å²) in [5.41, 5.74) is 1.58. The topological polar surface area (TPSA) is 63.1 Å². The molecule has 0 bridgehead atoms. The third kappa shape index (κ3) is 2.37. The fourth-order valence-electron chi connectivity index (χ4n) is 1.02. The molecule has 1 heterocycles. The summed E-state index contributed by atoms with van der Waals surface area (Å²) in [4.78, 5) is 10.9. The van der Waals surface area contributed by atoms with Gasteiger partial charge in [0.25, 0.3) is 0 Å². The van der Waals surface area contributed by atoms with Crippen molar-refractivity contribution in [1.82, 2.24) is 10.2 Å². The van der Waals surface area contributed by atoms with Crippen molar-refractivity contribution in [2.24, 2.45) is 0 Å². The van der Waals surface area contributed by atoms with Crippen LogP contribution in [0.5, 0.6) is 0 Å². The van der Waals surface area contributed by atoms with E-state index in [9.17, 15) is 9.18 Å². The number of carboxylic acid groups (broad SMARTS) is 1.